The van der Waals surface area contributed by atoms with Crippen molar-refractivity contribution in [2.45, 2.75) is 33.2 Å². The van der Waals surface area contributed by atoms with Crippen molar-refractivity contribution in [3.63, 3.8) is 0 Å². The maximum atomic E-state index is 4.29. The van der Waals surface area contributed by atoms with E-state index in [9.17, 15) is 0 Å². The molecule has 0 aliphatic carbocycles. The van der Waals surface area contributed by atoms with Crippen LogP contribution >= 0.6 is 0 Å². The normalized spacial score (nSPS) is 11.8. The quantitative estimate of drug-likeness (QED) is 0.774. The Hall–Kier alpha value is -1.03. The van der Waals surface area contributed by atoms with Gasteiger partial charge in [-0.3, -0.25) is 4.68 Å². The Morgan fingerprint density at radius 1 is 1.47 bits per heavy atom. The molecule has 4 nitrogen and oxygen atoms in total. The van der Waals surface area contributed by atoms with Crippen molar-refractivity contribution in [3.8, 4) is 0 Å². The van der Waals surface area contributed by atoms with Crippen molar-refractivity contribution in [2.24, 2.45) is 7.05 Å². The number of nitrogens with one attached hydrogen (secondary N) is 2. The summed E-state index contributed by atoms with van der Waals surface area (Å²) in [5, 5.41) is 11.1. The zero-order chi connectivity index (χ0) is 11.5. The smallest absolute Gasteiger partial charge is 0.124 e. The fraction of sp³-hybridized carbons (Fsp3) is 0.727. The molecule has 1 aromatic heterocycles. The van der Waals surface area contributed by atoms with Gasteiger partial charge in [-0.25, -0.2) is 0 Å². The van der Waals surface area contributed by atoms with Crippen molar-refractivity contribution in [2.75, 3.05) is 18.4 Å². The molecular formula is C11H22N4. The van der Waals surface area contributed by atoms with Crippen molar-refractivity contribution in [3.05, 3.63) is 11.8 Å². The summed E-state index contributed by atoms with van der Waals surface area (Å²) in [7, 11) is 1.95. The second-order valence-corrected chi connectivity index (χ2v) is 4.56. The van der Waals surface area contributed by atoms with Gasteiger partial charge in [-0.15, -0.1) is 0 Å². The standard InChI is InChI=1S/C11H22N4/c1-6-13-11(3,4)8-12-10-7-9(2)14-15(10)5/h7,12-13H,6,8H2,1-5H3. The number of hydrogen-bond acceptors (Lipinski definition) is 3. The van der Waals surface area contributed by atoms with Crippen LogP contribution in [0.2, 0.25) is 0 Å². The molecule has 1 heterocycles. The van der Waals surface area contributed by atoms with E-state index in [1.54, 1.807) is 0 Å². The van der Waals surface area contributed by atoms with Gasteiger partial charge in [-0.2, -0.15) is 5.10 Å². The lowest BCUT2D eigenvalue weighted by Crippen LogP contribution is -2.45. The maximum Gasteiger partial charge on any atom is 0.124 e. The molecule has 0 aliphatic rings. The van der Waals surface area contributed by atoms with Gasteiger partial charge in [0.2, 0.25) is 0 Å². The summed E-state index contributed by atoms with van der Waals surface area (Å²) in [6, 6.07) is 2.06. The summed E-state index contributed by atoms with van der Waals surface area (Å²) in [4.78, 5) is 0. The van der Waals surface area contributed by atoms with Gasteiger partial charge in [0.05, 0.1) is 5.69 Å². The molecule has 0 bridgehead atoms. The van der Waals surface area contributed by atoms with E-state index in [0.29, 0.717) is 0 Å². The molecule has 0 amide bonds. The number of nitrogens with zero attached hydrogens (tertiary/aromatic N) is 2. The van der Waals surface area contributed by atoms with Crippen molar-refractivity contribution < 1.29 is 0 Å². The number of aromatic nitrogens is 2. The van der Waals surface area contributed by atoms with E-state index in [2.05, 4.69) is 42.6 Å². The Labute approximate surface area is 92.1 Å². The minimum absolute atomic E-state index is 0.104. The van der Waals surface area contributed by atoms with Gasteiger partial charge in [0.1, 0.15) is 5.82 Å². The molecule has 1 rings (SSSR count). The predicted octanol–water partition coefficient (Wildman–Crippen LogP) is 1.53. The highest BCUT2D eigenvalue weighted by Gasteiger charge is 2.15. The van der Waals surface area contributed by atoms with Crippen LogP contribution in [-0.4, -0.2) is 28.4 Å². The molecule has 0 saturated carbocycles. The van der Waals surface area contributed by atoms with Crippen LogP contribution in [0.15, 0.2) is 6.07 Å². The number of likely N-dealkylation sites (N-methyl/N-ethyl adjacent to an activating group) is 1. The largest absolute Gasteiger partial charge is 0.368 e. The minimum Gasteiger partial charge on any atom is -0.368 e. The Kier molecular flexibility index (Phi) is 3.74. The highest BCUT2D eigenvalue weighted by molar-refractivity contribution is 5.37. The lowest BCUT2D eigenvalue weighted by Gasteiger charge is -2.26. The first-order valence-corrected chi connectivity index (χ1v) is 5.44. The first kappa shape index (κ1) is 12.0. The molecule has 0 aliphatic heterocycles. The average molecular weight is 210 g/mol. The second kappa shape index (κ2) is 4.66. The van der Waals surface area contributed by atoms with E-state index in [0.717, 1.165) is 24.6 Å². The average Bonchev–Trinajstić information content (AvgIpc) is 2.42. The molecule has 0 fully saturated rings. The highest BCUT2D eigenvalue weighted by Crippen LogP contribution is 2.10. The molecule has 15 heavy (non-hydrogen) atoms. The van der Waals surface area contributed by atoms with E-state index in [-0.39, 0.29) is 5.54 Å². The van der Waals surface area contributed by atoms with Gasteiger partial charge < -0.3 is 10.6 Å². The maximum absolute atomic E-state index is 4.29. The third-order valence-electron chi connectivity index (χ3n) is 2.37. The van der Waals surface area contributed by atoms with Crippen molar-refractivity contribution in [1.29, 1.82) is 0 Å². The molecule has 86 valence electrons. The molecule has 0 radical (unpaired) electrons. The van der Waals surface area contributed by atoms with Gasteiger partial charge in [-0.1, -0.05) is 6.92 Å². The molecule has 1 aromatic rings. The lowest BCUT2D eigenvalue weighted by molar-refractivity contribution is 0.420. The van der Waals surface area contributed by atoms with E-state index < -0.39 is 0 Å². The van der Waals surface area contributed by atoms with Crippen LogP contribution in [0.3, 0.4) is 0 Å². The van der Waals surface area contributed by atoms with E-state index in [1.807, 2.05) is 18.7 Å². The Bertz CT molecular complexity index is 314. The summed E-state index contributed by atoms with van der Waals surface area (Å²) in [5.41, 5.74) is 1.15. The van der Waals surface area contributed by atoms with Crippen LogP contribution in [0.4, 0.5) is 5.82 Å². The van der Waals surface area contributed by atoms with E-state index >= 15 is 0 Å². The first-order valence-electron chi connectivity index (χ1n) is 5.44. The van der Waals surface area contributed by atoms with Gasteiger partial charge in [-0.05, 0) is 27.3 Å². The monoisotopic (exact) mass is 210 g/mol. The van der Waals surface area contributed by atoms with Crippen LogP contribution in [0.1, 0.15) is 26.5 Å². The lowest BCUT2D eigenvalue weighted by atomic mass is 10.1. The fourth-order valence-electron chi connectivity index (χ4n) is 1.63. The van der Waals surface area contributed by atoms with Gasteiger partial charge in [0.25, 0.3) is 0 Å². The van der Waals surface area contributed by atoms with Gasteiger partial charge in [0.15, 0.2) is 0 Å². The second-order valence-electron chi connectivity index (χ2n) is 4.56. The molecule has 0 aromatic carbocycles. The number of hydrogen-bond donors (Lipinski definition) is 2. The van der Waals surface area contributed by atoms with E-state index in [4.69, 9.17) is 0 Å². The minimum atomic E-state index is 0.104. The zero-order valence-corrected chi connectivity index (χ0v) is 10.4. The summed E-state index contributed by atoms with van der Waals surface area (Å²) >= 11 is 0. The predicted molar refractivity (Wildman–Crippen MR) is 64.2 cm³/mol. The van der Waals surface area contributed by atoms with Crippen LogP contribution in [0.5, 0.6) is 0 Å². The molecule has 0 unspecified atom stereocenters. The van der Waals surface area contributed by atoms with Gasteiger partial charge in [0, 0.05) is 25.2 Å². The highest BCUT2D eigenvalue weighted by atomic mass is 15.3. The molecule has 0 spiro atoms. The summed E-state index contributed by atoms with van der Waals surface area (Å²) in [5.74, 6) is 1.07. The molecule has 2 N–H and O–H groups in total. The third-order valence-corrected chi connectivity index (χ3v) is 2.37. The van der Waals surface area contributed by atoms with Crippen molar-refractivity contribution in [1.82, 2.24) is 15.1 Å². The topological polar surface area (TPSA) is 41.9 Å². The molecule has 0 saturated heterocycles. The Morgan fingerprint density at radius 3 is 2.60 bits per heavy atom. The third kappa shape index (κ3) is 3.55. The fourth-order valence-corrected chi connectivity index (χ4v) is 1.63. The Balaban J connectivity index is 2.53. The number of aryl methyl sites for hydroxylation is 2. The zero-order valence-electron chi connectivity index (χ0n) is 10.4. The van der Waals surface area contributed by atoms with Crippen LogP contribution < -0.4 is 10.6 Å². The van der Waals surface area contributed by atoms with Gasteiger partial charge >= 0.3 is 0 Å². The summed E-state index contributed by atoms with van der Waals surface area (Å²) in [6.07, 6.45) is 0. The van der Waals surface area contributed by atoms with Crippen LogP contribution in [0, 0.1) is 6.92 Å². The summed E-state index contributed by atoms with van der Waals surface area (Å²) in [6.45, 7) is 10.4. The summed E-state index contributed by atoms with van der Waals surface area (Å²) < 4.78 is 1.87. The van der Waals surface area contributed by atoms with E-state index in [1.165, 1.54) is 0 Å². The molecule has 4 heteroatoms. The van der Waals surface area contributed by atoms with Crippen molar-refractivity contribution >= 4 is 5.82 Å². The Morgan fingerprint density at radius 2 is 2.13 bits per heavy atom. The van der Waals surface area contributed by atoms with Crippen LogP contribution in [0.25, 0.3) is 0 Å². The number of rotatable bonds is 5. The molecular weight excluding hydrogens is 188 g/mol. The molecule has 0 atom stereocenters. The first-order chi connectivity index (χ1) is 6.94. The SMILES string of the molecule is CCNC(C)(C)CNc1cc(C)nn1C. The van der Waals surface area contributed by atoms with Crippen LogP contribution in [-0.2, 0) is 7.05 Å². The number of anilines is 1.